The molecule has 186 valence electrons. The van der Waals surface area contributed by atoms with Gasteiger partial charge in [-0.2, -0.15) is 0 Å². The lowest BCUT2D eigenvalue weighted by Gasteiger charge is -2.32. The lowest BCUT2D eigenvalue weighted by molar-refractivity contribution is -0.133. The first kappa shape index (κ1) is 23.7. The van der Waals surface area contributed by atoms with Crippen LogP contribution in [0.4, 0.5) is 0 Å². The molecule has 0 atom stereocenters. The summed E-state index contributed by atoms with van der Waals surface area (Å²) in [5.74, 6) is 1.26. The third-order valence-electron chi connectivity index (χ3n) is 7.22. The summed E-state index contributed by atoms with van der Waals surface area (Å²) in [7, 11) is 0. The third kappa shape index (κ3) is 5.79. The number of phenols is 1. The van der Waals surface area contributed by atoms with Crippen molar-refractivity contribution in [3.8, 4) is 5.75 Å². The number of likely N-dealkylation sites (tertiary alicyclic amines) is 1. The van der Waals surface area contributed by atoms with Crippen molar-refractivity contribution in [3.05, 3.63) is 57.3 Å². The van der Waals surface area contributed by atoms with Crippen LogP contribution in [0.1, 0.15) is 53.1 Å². The largest absolute Gasteiger partial charge is 0.508 e. The zero-order chi connectivity index (χ0) is 24.4. The number of hydrogen-bond donors (Lipinski definition) is 2. The van der Waals surface area contributed by atoms with E-state index >= 15 is 0 Å². The van der Waals surface area contributed by atoms with Gasteiger partial charge in [-0.3, -0.25) is 19.3 Å². The number of aromatic hydroxyl groups is 1. The molecule has 35 heavy (non-hydrogen) atoms. The van der Waals surface area contributed by atoms with Crippen LogP contribution in [0.2, 0.25) is 0 Å². The van der Waals surface area contributed by atoms with E-state index in [-0.39, 0.29) is 35.5 Å². The lowest BCUT2D eigenvalue weighted by atomic mass is 9.89. The van der Waals surface area contributed by atoms with Gasteiger partial charge in [0.2, 0.25) is 5.91 Å². The predicted octanol–water partition coefficient (Wildman–Crippen LogP) is 1.88. The van der Waals surface area contributed by atoms with Gasteiger partial charge in [-0.1, -0.05) is 0 Å². The summed E-state index contributed by atoms with van der Waals surface area (Å²) in [5, 5.41) is 9.45. The molecule has 2 aliphatic heterocycles. The Morgan fingerprint density at radius 1 is 1.14 bits per heavy atom. The smallest absolute Gasteiger partial charge is 0.256 e. The zero-order valence-electron chi connectivity index (χ0n) is 19.9. The van der Waals surface area contributed by atoms with Crippen molar-refractivity contribution in [1.82, 2.24) is 19.8 Å². The highest BCUT2D eigenvalue weighted by Crippen LogP contribution is 2.30. The molecular weight excluding hydrogens is 448 g/mol. The van der Waals surface area contributed by atoms with Crippen molar-refractivity contribution in [1.29, 1.82) is 0 Å². The quantitative estimate of drug-likeness (QED) is 0.554. The number of aromatic nitrogens is 2. The maximum absolute atomic E-state index is 13.3. The van der Waals surface area contributed by atoms with Gasteiger partial charge >= 0.3 is 0 Å². The van der Waals surface area contributed by atoms with E-state index in [9.17, 15) is 19.5 Å². The van der Waals surface area contributed by atoms with Crippen LogP contribution in [0.5, 0.6) is 5.75 Å². The van der Waals surface area contributed by atoms with E-state index in [1.165, 1.54) is 12.1 Å². The van der Waals surface area contributed by atoms with Crippen LogP contribution < -0.4 is 5.56 Å². The van der Waals surface area contributed by atoms with Crippen molar-refractivity contribution in [2.24, 2.45) is 11.8 Å². The Hall–Kier alpha value is -3.04. The molecule has 2 fully saturated rings. The van der Waals surface area contributed by atoms with Gasteiger partial charge in [0, 0.05) is 24.4 Å². The zero-order valence-corrected chi connectivity index (χ0v) is 19.9. The molecule has 1 aromatic carbocycles. The summed E-state index contributed by atoms with van der Waals surface area (Å²) < 4.78 is 5.37. The standard InChI is InChI=1S/C26H32N4O5/c31-20-5-3-18(4-6-20)25(33)19-7-10-29(11-8-19)15-24(32)30(13-17-1-2-17)14-23-27-22-9-12-35-16-21(22)26(34)28-23/h3-6,17,19,31H,1-2,7-16H2,(H,27,28,34). The first-order valence-electron chi connectivity index (χ1n) is 12.5. The van der Waals surface area contributed by atoms with Crippen LogP contribution in [0.15, 0.2) is 29.1 Å². The molecule has 0 spiro atoms. The Kier molecular flexibility index (Phi) is 6.97. The van der Waals surface area contributed by atoms with Crippen LogP contribution in [0.25, 0.3) is 0 Å². The highest BCUT2D eigenvalue weighted by atomic mass is 16.5. The van der Waals surface area contributed by atoms with E-state index in [0.29, 0.717) is 81.5 Å². The number of aromatic amines is 1. The molecule has 0 radical (unpaired) electrons. The molecule has 1 aromatic heterocycles. The molecule has 1 saturated carbocycles. The minimum atomic E-state index is -0.177. The Labute approximate surface area is 204 Å². The van der Waals surface area contributed by atoms with E-state index in [2.05, 4.69) is 14.9 Å². The second kappa shape index (κ2) is 10.3. The average molecular weight is 481 g/mol. The number of piperidine rings is 1. The van der Waals surface area contributed by atoms with Crippen molar-refractivity contribution >= 4 is 11.7 Å². The lowest BCUT2D eigenvalue weighted by Crippen LogP contribution is -2.45. The van der Waals surface area contributed by atoms with Crippen LogP contribution in [0.3, 0.4) is 0 Å². The fraction of sp³-hybridized carbons (Fsp3) is 0.538. The van der Waals surface area contributed by atoms with Crippen LogP contribution in [0, 0.1) is 11.8 Å². The monoisotopic (exact) mass is 480 g/mol. The number of ketones is 1. The molecule has 2 N–H and O–H groups in total. The number of ether oxygens (including phenoxy) is 1. The first-order valence-corrected chi connectivity index (χ1v) is 12.5. The first-order chi connectivity index (χ1) is 17.0. The number of nitrogens with one attached hydrogen (secondary N) is 1. The van der Waals surface area contributed by atoms with Gasteiger partial charge in [0.1, 0.15) is 11.6 Å². The number of H-pyrrole nitrogens is 1. The summed E-state index contributed by atoms with van der Waals surface area (Å²) in [6.45, 7) is 3.49. The second-order valence-electron chi connectivity index (χ2n) is 9.92. The number of phenolic OH excluding ortho intramolecular Hbond substituents is 1. The third-order valence-corrected chi connectivity index (χ3v) is 7.22. The molecule has 9 nitrogen and oxygen atoms in total. The number of carbonyl (C=O) groups is 2. The minimum absolute atomic E-state index is 0.0314. The fourth-order valence-corrected chi connectivity index (χ4v) is 4.92. The maximum atomic E-state index is 13.3. The molecular formula is C26H32N4O5. The highest BCUT2D eigenvalue weighted by molar-refractivity contribution is 5.98. The Balaban J connectivity index is 1.19. The summed E-state index contributed by atoms with van der Waals surface area (Å²) in [4.78, 5) is 50.0. The second-order valence-corrected chi connectivity index (χ2v) is 9.92. The number of carbonyl (C=O) groups excluding carboxylic acids is 2. The molecule has 1 amide bonds. The Bertz CT molecular complexity index is 1130. The molecule has 2 aromatic rings. The summed E-state index contributed by atoms with van der Waals surface area (Å²) in [6.07, 6.45) is 4.27. The summed E-state index contributed by atoms with van der Waals surface area (Å²) >= 11 is 0. The van der Waals surface area contributed by atoms with Crippen LogP contribution >= 0.6 is 0 Å². The summed E-state index contributed by atoms with van der Waals surface area (Å²) in [6, 6.07) is 6.40. The molecule has 0 unspecified atom stereocenters. The number of rotatable bonds is 8. The fourth-order valence-electron chi connectivity index (χ4n) is 4.92. The van der Waals surface area contributed by atoms with E-state index in [1.807, 2.05) is 4.90 Å². The molecule has 3 heterocycles. The molecule has 9 heteroatoms. The topological polar surface area (TPSA) is 116 Å². The number of fused-ring (bicyclic) bond motifs is 1. The van der Waals surface area contributed by atoms with E-state index < -0.39 is 0 Å². The predicted molar refractivity (Wildman–Crippen MR) is 128 cm³/mol. The summed E-state index contributed by atoms with van der Waals surface area (Å²) in [5.41, 5.74) is 1.80. The van der Waals surface area contributed by atoms with Crippen molar-refractivity contribution in [2.45, 2.75) is 45.3 Å². The molecule has 1 aliphatic carbocycles. The molecule has 3 aliphatic rings. The van der Waals surface area contributed by atoms with E-state index in [1.54, 1.807) is 12.1 Å². The normalized spacial score (nSPS) is 18.7. The average Bonchev–Trinajstić information content (AvgIpc) is 3.68. The van der Waals surface area contributed by atoms with Crippen molar-refractivity contribution in [2.75, 3.05) is 32.8 Å². The van der Waals surface area contributed by atoms with Gasteiger partial charge < -0.3 is 19.7 Å². The number of amides is 1. The maximum Gasteiger partial charge on any atom is 0.256 e. The SMILES string of the molecule is O=C(c1ccc(O)cc1)C1CCN(CC(=O)N(Cc2nc3c(c(=O)[nH]2)COCC3)CC2CC2)CC1. The minimum Gasteiger partial charge on any atom is -0.508 e. The molecule has 0 bridgehead atoms. The molecule has 1 saturated heterocycles. The molecule has 5 rings (SSSR count). The number of nitrogens with zero attached hydrogens (tertiary/aromatic N) is 3. The number of benzene rings is 1. The number of Topliss-reactive ketones (excluding diaryl/α,β-unsaturated/α-hetero) is 1. The van der Waals surface area contributed by atoms with Gasteiger partial charge in [0.25, 0.3) is 5.56 Å². The van der Waals surface area contributed by atoms with Crippen molar-refractivity contribution in [3.63, 3.8) is 0 Å². The van der Waals surface area contributed by atoms with Crippen molar-refractivity contribution < 1.29 is 19.4 Å². The van der Waals surface area contributed by atoms with Gasteiger partial charge in [-0.15, -0.1) is 0 Å². The van der Waals surface area contributed by atoms with Gasteiger partial charge in [0.05, 0.1) is 37.6 Å². The van der Waals surface area contributed by atoms with Gasteiger partial charge in [0.15, 0.2) is 5.78 Å². The van der Waals surface area contributed by atoms with Crippen LogP contribution in [-0.2, 0) is 29.1 Å². The van der Waals surface area contributed by atoms with Gasteiger partial charge in [-0.25, -0.2) is 4.98 Å². The number of hydrogen-bond acceptors (Lipinski definition) is 7. The van der Waals surface area contributed by atoms with Gasteiger partial charge in [-0.05, 0) is 69.0 Å². The Morgan fingerprint density at radius 2 is 1.89 bits per heavy atom. The van der Waals surface area contributed by atoms with Crippen LogP contribution in [-0.4, -0.2) is 69.4 Å². The van der Waals surface area contributed by atoms with E-state index in [0.717, 1.165) is 18.5 Å². The highest BCUT2D eigenvalue weighted by Gasteiger charge is 2.31. The van der Waals surface area contributed by atoms with E-state index in [4.69, 9.17) is 4.74 Å². The Morgan fingerprint density at radius 3 is 2.60 bits per heavy atom.